The average molecular weight is 464 g/mol. The Balaban J connectivity index is 1.28. The van der Waals surface area contributed by atoms with Gasteiger partial charge in [-0.1, -0.05) is 36.0 Å². The van der Waals surface area contributed by atoms with Gasteiger partial charge in [-0.3, -0.25) is 9.59 Å². The number of hydrogen-bond acceptors (Lipinski definition) is 7. The van der Waals surface area contributed by atoms with E-state index in [4.69, 9.17) is 4.74 Å². The van der Waals surface area contributed by atoms with E-state index in [0.29, 0.717) is 22.6 Å². The highest BCUT2D eigenvalue weighted by Crippen LogP contribution is 2.47. The zero-order valence-electron chi connectivity index (χ0n) is 17.7. The molecular weight excluding hydrogens is 442 g/mol. The predicted octanol–water partition coefficient (Wildman–Crippen LogP) is 5.34. The summed E-state index contributed by atoms with van der Waals surface area (Å²) in [7, 11) is 0. The first-order chi connectivity index (χ1) is 15.5. The van der Waals surface area contributed by atoms with Crippen molar-refractivity contribution in [3.8, 4) is 0 Å². The van der Waals surface area contributed by atoms with Gasteiger partial charge in [-0.25, -0.2) is 4.98 Å². The Morgan fingerprint density at radius 2 is 1.72 bits per heavy atom. The number of nitrogens with zero attached hydrogens (tertiary/aromatic N) is 2. The molecule has 0 saturated heterocycles. The molecule has 8 heteroatoms. The maximum atomic E-state index is 12.5. The monoisotopic (exact) mass is 463 g/mol. The molecule has 1 aliphatic heterocycles. The topological polar surface area (TPSA) is 75.3 Å². The number of aryl methyl sites for hydroxylation is 2. The van der Waals surface area contributed by atoms with Gasteiger partial charge in [-0.15, -0.1) is 11.3 Å². The molecule has 0 bridgehead atoms. The van der Waals surface area contributed by atoms with Crippen molar-refractivity contribution >= 4 is 50.7 Å². The summed E-state index contributed by atoms with van der Waals surface area (Å²) in [6.45, 7) is 4.33. The van der Waals surface area contributed by atoms with Gasteiger partial charge in [0.25, 0.3) is 5.56 Å². The van der Waals surface area contributed by atoms with Crippen LogP contribution in [0.25, 0.3) is 10.2 Å². The molecule has 162 valence electrons. The third kappa shape index (κ3) is 3.80. The quantitative estimate of drug-likeness (QED) is 0.403. The van der Waals surface area contributed by atoms with Crippen molar-refractivity contribution in [2.75, 3.05) is 11.4 Å². The van der Waals surface area contributed by atoms with Crippen molar-refractivity contribution in [1.29, 1.82) is 0 Å². The van der Waals surface area contributed by atoms with Gasteiger partial charge in [0.15, 0.2) is 0 Å². The zero-order chi connectivity index (χ0) is 22.2. The standard InChI is InChI=1S/C24H21N3O3S2/c1-14-15(2)31-24-22(14)23(29)25-20(26-24)13-30-21(28)11-12-27-16-7-3-5-9-18(16)32-19-10-6-4-8-17(19)27/h3-10H,11-13H2,1-2H3,(H,25,26,29). The molecule has 0 spiro atoms. The third-order valence-corrected chi connectivity index (χ3v) is 7.76. The second-order valence-corrected chi connectivity index (χ2v) is 9.86. The lowest BCUT2D eigenvalue weighted by Crippen LogP contribution is -2.24. The van der Waals surface area contributed by atoms with Crippen LogP contribution in [-0.2, 0) is 16.1 Å². The average Bonchev–Trinajstić information content (AvgIpc) is 3.08. The number of aromatic nitrogens is 2. The summed E-state index contributed by atoms with van der Waals surface area (Å²) < 4.78 is 5.44. The van der Waals surface area contributed by atoms with Crippen molar-refractivity contribution in [3.63, 3.8) is 0 Å². The van der Waals surface area contributed by atoms with Crippen LogP contribution in [-0.4, -0.2) is 22.5 Å². The summed E-state index contributed by atoms with van der Waals surface area (Å²) in [5.41, 5.74) is 2.93. The molecule has 1 aliphatic rings. The fourth-order valence-electron chi connectivity index (χ4n) is 3.81. The number of rotatable bonds is 5. The summed E-state index contributed by atoms with van der Waals surface area (Å²) in [6.07, 6.45) is 0.219. The Morgan fingerprint density at radius 3 is 2.41 bits per heavy atom. The maximum Gasteiger partial charge on any atom is 0.308 e. The highest BCUT2D eigenvalue weighted by Gasteiger charge is 2.23. The molecule has 4 aromatic rings. The predicted molar refractivity (Wildman–Crippen MR) is 128 cm³/mol. The van der Waals surface area contributed by atoms with E-state index >= 15 is 0 Å². The van der Waals surface area contributed by atoms with Gasteiger partial charge in [0.05, 0.1) is 23.2 Å². The fraction of sp³-hybridized carbons (Fsp3) is 0.208. The van der Waals surface area contributed by atoms with Gasteiger partial charge in [0.2, 0.25) is 0 Å². The van der Waals surface area contributed by atoms with Crippen LogP contribution < -0.4 is 10.5 Å². The first-order valence-corrected chi connectivity index (χ1v) is 11.9. The zero-order valence-corrected chi connectivity index (χ0v) is 19.3. The minimum Gasteiger partial charge on any atom is -0.457 e. The summed E-state index contributed by atoms with van der Waals surface area (Å²) in [4.78, 5) is 38.4. The number of H-pyrrole nitrogens is 1. The van der Waals surface area contributed by atoms with Gasteiger partial charge < -0.3 is 14.6 Å². The molecule has 5 rings (SSSR count). The van der Waals surface area contributed by atoms with E-state index in [1.54, 1.807) is 11.8 Å². The van der Waals surface area contributed by atoms with E-state index in [0.717, 1.165) is 31.6 Å². The van der Waals surface area contributed by atoms with Gasteiger partial charge in [-0.2, -0.15) is 0 Å². The van der Waals surface area contributed by atoms with Gasteiger partial charge in [-0.05, 0) is 43.7 Å². The SMILES string of the molecule is Cc1sc2nc(COC(=O)CCN3c4ccccc4Sc4ccccc43)[nH]c(=O)c2c1C. The number of ether oxygens (including phenoxy) is 1. The van der Waals surface area contributed by atoms with Gasteiger partial charge >= 0.3 is 5.97 Å². The van der Waals surface area contributed by atoms with Crippen LogP contribution in [0, 0.1) is 13.8 Å². The Bertz CT molecular complexity index is 1350. The molecule has 0 atom stereocenters. The highest BCUT2D eigenvalue weighted by molar-refractivity contribution is 7.99. The van der Waals surface area contributed by atoms with Crippen molar-refractivity contribution in [2.45, 2.75) is 36.7 Å². The van der Waals surface area contributed by atoms with Crippen LogP contribution in [0.1, 0.15) is 22.7 Å². The van der Waals surface area contributed by atoms with Crippen LogP contribution >= 0.6 is 23.1 Å². The second kappa shape index (κ2) is 8.44. The van der Waals surface area contributed by atoms with E-state index in [9.17, 15) is 9.59 Å². The smallest absolute Gasteiger partial charge is 0.308 e. The molecule has 3 heterocycles. The number of thiophene rings is 1. The summed E-state index contributed by atoms with van der Waals surface area (Å²) in [5, 5.41) is 0.614. The number of anilines is 2. The van der Waals surface area contributed by atoms with E-state index in [2.05, 4.69) is 39.1 Å². The summed E-state index contributed by atoms with van der Waals surface area (Å²) in [6, 6.07) is 16.4. The van der Waals surface area contributed by atoms with Crippen molar-refractivity contribution in [3.05, 3.63) is 75.1 Å². The lowest BCUT2D eigenvalue weighted by molar-refractivity contribution is -0.144. The Hall–Kier alpha value is -3.10. The molecular formula is C24H21N3O3S2. The van der Waals surface area contributed by atoms with Crippen LogP contribution in [0.5, 0.6) is 0 Å². The van der Waals surface area contributed by atoms with Crippen LogP contribution in [0.2, 0.25) is 0 Å². The van der Waals surface area contributed by atoms with Crippen molar-refractivity contribution < 1.29 is 9.53 Å². The van der Waals surface area contributed by atoms with Crippen molar-refractivity contribution in [1.82, 2.24) is 9.97 Å². The minimum absolute atomic E-state index is 0.0525. The van der Waals surface area contributed by atoms with E-state index in [-0.39, 0.29) is 24.6 Å². The van der Waals surface area contributed by atoms with E-state index in [1.165, 1.54) is 11.3 Å². The molecule has 0 unspecified atom stereocenters. The number of benzene rings is 2. The molecule has 6 nitrogen and oxygen atoms in total. The molecule has 0 aliphatic carbocycles. The molecule has 0 radical (unpaired) electrons. The second-order valence-electron chi connectivity index (χ2n) is 7.58. The fourth-order valence-corrected chi connectivity index (χ4v) is 5.96. The van der Waals surface area contributed by atoms with Crippen LogP contribution in [0.3, 0.4) is 0 Å². The number of fused-ring (bicyclic) bond motifs is 3. The molecule has 32 heavy (non-hydrogen) atoms. The van der Waals surface area contributed by atoms with Gasteiger partial charge in [0, 0.05) is 21.2 Å². The Morgan fingerprint density at radius 1 is 1.06 bits per heavy atom. The number of esters is 1. The number of aromatic amines is 1. The molecule has 0 saturated carbocycles. The molecule has 0 fully saturated rings. The minimum atomic E-state index is -0.334. The maximum absolute atomic E-state index is 12.5. The number of para-hydroxylation sites is 2. The molecule has 2 aromatic heterocycles. The van der Waals surface area contributed by atoms with E-state index < -0.39 is 0 Å². The lowest BCUT2D eigenvalue weighted by Gasteiger charge is -2.32. The summed E-state index contributed by atoms with van der Waals surface area (Å²) in [5.74, 6) is 0.0293. The molecule has 1 N–H and O–H groups in total. The van der Waals surface area contributed by atoms with Crippen molar-refractivity contribution in [2.24, 2.45) is 0 Å². The van der Waals surface area contributed by atoms with Crippen LogP contribution in [0.4, 0.5) is 11.4 Å². The molecule has 2 aromatic carbocycles. The number of nitrogens with one attached hydrogen (secondary N) is 1. The van der Waals surface area contributed by atoms with Gasteiger partial charge in [0.1, 0.15) is 17.3 Å². The lowest BCUT2D eigenvalue weighted by atomic mass is 10.2. The molecule has 0 amide bonds. The Labute approximate surface area is 193 Å². The third-order valence-electron chi connectivity index (χ3n) is 5.53. The van der Waals surface area contributed by atoms with E-state index in [1.807, 2.05) is 38.1 Å². The largest absolute Gasteiger partial charge is 0.457 e. The Kier molecular flexibility index (Phi) is 5.48. The highest BCUT2D eigenvalue weighted by atomic mass is 32.2. The number of carbonyl (C=O) groups is 1. The normalized spacial score (nSPS) is 12.5. The first kappa shape index (κ1) is 20.8. The summed E-state index contributed by atoms with van der Waals surface area (Å²) >= 11 is 3.21. The number of hydrogen-bond donors (Lipinski definition) is 1. The number of carbonyl (C=O) groups excluding carboxylic acids is 1. The first-order valence-electron chi connectivity index (χ1n) is 10.3. The van der Waals surface area contributed by atoms with Crippen LogP contribution in [0.15, 0.2) is 63.1 Å².